The zero-order valence-corrected chi connectivity index (χ0v) is 10.5. The lowest BCUT2D eigenvalue weighted by atomic mass is 9.95. The van der Waals surface area contributed by atoms with Gasteiger partial charge in [-0.1, -0.05) is 23.7 Å². The molecule has 0 N–H and O–H groups in total. The van der Waals surface area contributed by atoms with Gasteiger partial charge in [0.1, 0.15) is 0 Å². The summed E-state index contributed by atoms with van der Waals surface area (Å²) in [5.74, 6) is 0.0613. The van der Waals surface area contributed by atoms with Crippen LogP contribution in [0.25, 0.3) is 10.9 Å². The molecule has 17 heavy (non-hydrogen) atoms. The van der Waals surface area contributed by atoms with Crippen molar-refractivity contribution in [3.05, 3.63) is 34.5 Å². The minimum Gasteiger partial charge on any atom is -0.283 e. The van der Waals surface area contributed by atoms with Gasteiger partial charge in [0.15, 0.2) is 0 Å². The molecule has 0 spiro atoms. The fourth-order valence-corrected chi connectivity index (χ4v) is 3.15. The largest absolute Gasteiger partial charge is 0.283 e. The number of aromatic nitrogens is 1. The number of fused-ring (bicyclic) bond motifs is 3. The molecule has 2 nitrogen and oxygen atoms in total. The summed E-state index contributed by atoms with van der Waals surface area (Å²) in [5, 5.41) is 1.83. The van der Waals surface area contributed by atoms with Crippen LogP contribution in [-0.4, -0.2) is 10.5 Å². The molecule has 2 aromatic rings. The summed E-state index contributed by atoms with van der Waals surface area (Å²) in [7, 11) is 0. The topological polar surface area (TPSA) is 22.0 Å². The van der Waals surface area contributed by atoms with Crippen LogP contribution >= 0.6 is 11.6 Å². The molecule has 3 heteroatoms. The van der Waals surface area contributed by atoms with Crippen LogP contribution in [0.2, 0.25) is 5.02 Å². The van der Waals surface area contributed by atoms with Crippen LogP contribution in [0.15, 0.2) is 18.2 Å². The van der Waals surface area contributed by atoms with Gasteiger partial charge < -0.3 is 0 Å². The normalized spacial score (nSPS) is 14.9. The summed E-state index contributed by atoms with van der Waals surface area (Å²) in [6.07, 6.45) is 4.41. The lowest BCUT2D eigenvalue weighted by Gasteiger charge is -2.13. The number of aryl methyl sites for hydroxylation is 1. The standard InChI is InChI=1S/C14H14ClNO/c1-9(17)16-13-8-3-2-5-10(13)11-6-4-7-12(15)14(11)16/h4,6-7H,2-3,5,8H2,1H3. The molecule has 0 atom stereocenters. The van der Waals surface area contributed by atoms with Crippen LogP contribution in [0.5, 0.6) is 0 Å². The molecule has 1 aromatic carbocycles. The van der Waals surface area contributed by atoms with Crippen molar-refractivity contribution in [3.8, 4) is 0 Å². The minimum atomic E-state index is 0.0613. The second kappa shape index (κ2) is 3.88. The molecule has 0 fully saturated rings. The molecule has 0 aliphatic heterocycles. The van der Waals surface area contributed by atoms with Gasteiger partial charge in [0.05, 0.1) is 10.5 Å². The van der Waals surface area contributed by atoms with Crippen LogP contribution in [0.1, 0.15) is 35.8 Å². The van der Waals surface area contributed by atoms with E-state index >= 15 is 0 Å². The Morgan fingerprint density at radius 3 is 2.82 bits per heavy atom. The van der Waals surface area contributed by atoms with Gasteiger partial charge in [-0.2, -0.15) is 0 Å². The average molecular weight is 248 g/mol. The molecule has 1 aromatic heterocycles. The number of hydrogen-bond donors (Lipinski definition) is 0. The Labute approximate surface area is 105 Å². The van der Waals surface area contributed by atoms with E-state index in [9.17, 15) is 4.79 Å². The highest BCUT2D eigenvalue weighted by molar-refractivity contribution is 6.35. The Morgan fingerprint density at radius 1 is 1.29 bits per heavy atom. The van der Waals surface area contributed by atoms with Crippen molar-refractivity contribution in [2.75, 3.05) is 0 Å². The summed E-state index contributed by atoms with van der Waals surface area (Å²) in [4.78, 5) is 11.8. The maximum atomic E-state index is 11.8. The number of halogens is 1. The van der Waals surface area contributed by atoms with Gasteiger partial charge in [0.2, 0.25) is 5.91 Å². The van der Waals surface area contributed by atoms with Crippen molar-refractivity contribution in [3.63, 3.8) is 0 Å². The van der Waals surface area contributed by atoms with Crippen LogP contribution in [0.3, 0.4) is 0 Å². The first kappa shape index (κ1) is 10.8. The highest BCUT2D eigenvalue weighted by atomic mass is 35.5. The molecule has 0 amide bonds. The van der Waals surface area contributed by atoms with E-state index in [0.717, 1.165) is 30.2 Å². The van der Waals surface area contributed by atoms with E-state index in [2.05, 4.69) is 6.07 Å². The number of para-hydroxylation sites is 1. The predicted molar refractivity (Wildman–Crippen MR) is 69.9 cm³/mol. The fourth-order valence-electron chi connectivity index (χ4n) is 2.89. The maximum Gasteiger partial charge on any atom is 0.228 e. The Kier molecular flexibility index (Phi) is 2.48. The van der Waals surface area contributed by atoms with Crippen molar-refractivity contribution in [2.45, 2.75) is 32.6 Å². The molecule has 0 bridgehead atoms. The average Bonchev–Trinajstić information content (AvgIpc) is 2.65. The van der Waals surface area contributed by atoms with E-state index in [-0.39, 0.29) is 5.91 Å². The molecular formula is C14H14ClNO. The van der Waals surface area contributed by atoms with Crippen molar-refractivity contribution in [1.29, 1.82) is 0 Å². The number of hydrogen-bond acceptors (Lipinski definition) is 1. The summed E-state index contributed by atoms with van der Waals surface area (Å²) >= 11 is 6.25. The van der Waals surface area contributed by atoms with Crippen LogP contribution in [-0.2, 0) is 12.8 Å². The lowest BCUT2D eigenvalue weighted by Crippen LogP contribution is -2.13. The molecule has 0 radical (unpaired) electrons. The third kappa shape index (κ3) is 1.51. The summed E-state index contributed by atoms with van der Waals surface area (Å²) < 4.78 is 1.81. The number of carbonyl (C=O) groups excluding carboxylic acids is 1. The molecule has 3 rings (SSSR count). The van der Waals surface area contributed by atoms with Crippen molar-refractivity contribution < 1.29 is 4.79 Å². The second-order valence-corrected chi connectivity index (χ2v) is 5.03. The molecule has 1 heterocycles. The Hall–Kier alpha value is -1.28. The van der Waals surface area contributed by atoms with E-state index < -0.39 is 0 Å². The van der Waals surface area contributed by atoms with Crippen LogP contribution < -0.4 is 0 Å². The second-order valence-electron chi connectivity index (χ2n) is 4.62. The van der Waals surface area contributed by atoms with E-state index in [4.69, 9.17) is 11.6 Å². The molecule has 0 unspecified atom stereocenters. The third-order valence-corrected chi connectivity index (χ3v) is 3.86. The molecule has 0 saturated carbocycles. The number of benzene rings is 1. The lowest BCUT2D eigenvalue weighted by molar-refractivity contribution is 0.0938. The summed E-state index contributed by atoms with van der Waals surface area (Å²) in [6, 6.07) is 5.89. The highest BCUT2D eigenvalue weighted by Gasteiger charge is 2.22. The van der Waals surface area contributed by atoms with Gasteiger partial charge >= 0.3 is 0 Å². The Balaban J connectivity index is 2.46. The van der Waals surface area contributed by atoms with Gasteiger partial charge in [-0.3, -0.25) is 9.36 Å². The van der Waals surface area contributed by atoms with Gasteiger partial charge in [-0.05, 0) is 37.3 Å². The van der Waals surface area contributed by atoms with Crippen molar-refractivity contribution >= 4 is 28.4 Å². The first-order chi connectivity index (χ1) is 8.20. The van der Waals surface area contributed by atoms with E-state index in [0.29, 0.717) is 5.02 Å². The Bertz CT molecular complexity index is 612. The third-order valence-electron chi connectivity index (χ3n) is 3.56. The highest BCUT2D eigenvalue weighted by Crippen LogP contribution is 2.35. The monoisotopic (exact) mass is 247 g/mol. The van der Waals surface area contributed by atoms with Crippen molar-refractivity contribution in [1.82, 2.24) is 4.57 Å². The first-order valence-corrected chi connectivity index (χ1v) is 6.39. The number of carbonyl (C=O) groups is 1. The molecule has 1 aliphatic carbocycles. The predicted octanol–water partition coefficient (Wildman–Crippen LogP) is 3.83. The Morgan fingerprint density at radius 2 is 2.06 bits per heavy atom. The summed E-state index contributed by atoms with van der Waals surface area (Å²) in [6.45, 7) is 1.61. The molecule has 0 saturated heterocycles. The number of nitrogens with zero attached hydrogens (tertiary/aromatic N) is 1. The van der Waals surface area contributed by atoms with Crippen LogP contribution in [0, 0.1) is 0 Å². The van der Waals surface area contributed by atoms with E-state index in [1.807, 2.05) is 16.7 Å². The van der Waals surface area contributed by atoms with E-state index in [1.54, 1.807) is 6.92 Å². The first-order valence-electron chi connectivity index (χ1n) is 6.02. The van der Waals surface area contributed by atoms with Gasteiger partial charge in [-0.15, -0.1) is 0 Å². The van der Waals surface area contributed by atoms with Crippen molar-refractivity contribution in [2.24, 2.45) is 0 Å². The fraction of sp³-hybridized carbons (Fsp3) is 0.357. The SMILES string of the molecule is CC(=O)n1c2c(c3cccc(Cl)c31)CCCC2. The van der Waals surface area contributed by atoms with Gasteiger partial charge in [-0.25, -0.2) is 0 Å². The quantitative estimate of drug-likeness (QED) is 0.693. The molecular weight excluding hydrogens is 234 g/mol. The van der Waals surface area contributed by atoms with Crippen LogP contribution in [0.4, 0.5) is 0 Å². The van der Waals surface area contributed by atoms with Gasteiger partial charge in [0.25, 0.3) is 0 Å². The van der Waals surface area contributed by atoms with E-state index in [1.165, 1.54) is 17.7 Å². The molecule has 88 valence electrons. The number of rotatable bonds is 0. The molecule has 1 aliphatic rings. The smallest absolute Gasteiger partial charge is 0.228 e. The summed E-state index contributed by atoms with van der Waals surface area (Å²) in [5.41, 5.74) is 3.39. The zero-order chi connectivity index (χ0) is 12.0. The van der Waals surface area contributed by atoms with Gasteiger partial charge in [0, 0.05) is 18.0 Å². The minimum absolute atomic E-state index is 0.0613. The zero-order valence-electron chi connectivity index (χ0n) is 9.79. The maximum absolute atomic E-state index is 11.8.